The zero-order valence-electron chi connectivity index (χ0n) is 12.5. The summed E-state index contributed by atoms with van der Waals surface area (Å²) in [5, 5.41) is 0. The van der Waals surface area contributed by atoms with Gasteiger partial charge in [0.2, 0.25) is 0 Å². The lowest BCUT2D eigenvalue weighted by Crippen LogP contribution is -2.39. The highest BCUT2D eigenvalue weighted by Gasteiger charge is 2.22. The summed E-state index contributed by atoms with van der Waals surface area (Å²) >= 11 is 0. The standard InChI is InChI=1S/C18H27NO/c1-3-7-16(8-4-1)11-12-19-13-14-20-18(15-19)17-9-5-2-6-10-17/h2,5-6,9-10,16,18H,1,3-4,7-8,11-15H2/t18-/m1/s1. The van der Waals surface area contributed by atoms with Crippen LogP contribution in [-0.4, -0.2) is 31.1 Å². The fraction of sp³-hybridized carbons (Fsp3) is 0.667. The quantitative estimate of drug-likeness (QED) is 0.821. The van der Waals surface area contributed by atoms with Crippen molar-refractivity contribution in [3.05, 3.63) is 35.9 Å². The maximum atomic E-state index is 5.94. The number of hydrogen-bond acceptors (Lipinski definition) is 2. The van der Waals surface area contributed by atoms with Crippen LogP contribution in [0, 0.1) is 5.92 Å². The van der Waals surface area contributed by atoms with Crippen LogP contribution in [0.1, 0.15) is 50.2 Å². The molecule has 1 atom stereocenters. The molecular formula is C18H27NO. The molecule has 2 aliphatic rings. The van der Waals surface area contributed by atoms with Crippen molar-refractivity contribution in [3.63, 3.8) is 0 Å². The Labute approximate surface area is 123 Å². The first-order valence-corrected chi connectivity index (χ1v) is 8.31. The van der Waals surface area contributed by atoms with Crippen LogP contribution >= 0.6 is 0 Å². The SMILES string of the molecule is c1ccc([C@H]2CN(CCC3CCCCC3)CCO2)cc1. The van der Waals surface area contributed by atoms with Gasteiger partial charge in [-0.05, 0) is 24.4 Å². The zero-order chi connectivity index (χ0) is 13.6. The van der Waals surface area contributed by atoms with Crippen molar-refractivity contribution < 1.29 is 4.74 Å². The second-order valence-corrected chi connectivity index (χ2v) is 6.36. The Balaban J connectivity index is 1.48. The molecule has 1 heterocycles. The Hall–Kier alpha value is -0.860. The van der Waals surface area contributed by atoms with E-state index in [9.17, 15) is 0 Å². The highest BCUT2D eigenvalue weighted by atomic mass is 16.5. The number of rotatable bonds is 4. The maximum absolute atomic E-state index is 5.94. The predicted octanol–water partition coefficient (Wildman–Crippen LogP) is 4.03. The van der Waals surface area contributed by atoms with Crippen molar-refractivity contribution in [2.75, 3.05) is 26.2 Å². The summed E-state index contributed by atoms with van der Waals surface area (Å²) in [5.74, 6) is 0.988. The lowest BCUT2D eigenvalue weighted by atomic mass is 9.87. The van der Waals surface area contributed by atoms with Crippen LogP contribution in [0.5, 0.6) is 0 Å². The highest BCUT2D eigenvalue weighted by molar-refractivity contribution is 5.18. The van der Waals surface area contributed by atoms with Crippen molar-refractivity contribution >= 4 is 0 Å². The molecule has 1 aliphatic heterocycles. The van der Waals surface area contributed by atoms with Gasteiger partial charge >= 0.3 is 0 Å². The molecule has 1 aromatic rings. The fourth-order valence-electron chi connectivity index (χ4n) is 3.62. The van der Waals surface area contributed by atoms with Crippen LogP contribution in [0.2, 0.25) is 0 Å². The molecule has 1 aliphatic carbocycles. The Bertz CT molecular complexity index is 386. The molecule has 0 radical (unpaired) electrons. The fourth-order valence-corrected chi connectivity index (χ4v) is 3.62. The summed E-state index contributed by atoms with van der Waals surface area (Å²) in [4.78, 5) is 2.61. The monoisotopic (exact) mass is 273 g/mol. The van der Waals surface area contributed by atoms with E-state index in [0.717, 1.165) is 25.6 Å². The second kappa shape index (κ2) is 7.24. The van der Waals surface area contributed by atoms with Crippen molar-refractivity contribution in [2.24, 2.45) is 5.92 Å². The van der Waals surface area contributed by atoms with Gasteiger partial charge in [0.25, 0.3) is 0 Å². The van der Waals surface area contributed by atoms with Crippen LogP contribution in [0.15, 0.2) is 30.3 Å². The van der Waals surface area contributed by atoms with E-state index < -0.39 is 0 Å². The van der Waals surface area contributed by atoms with Gasteiger partial charge in [0.1, 0.15) is 0 Å². The molecule has 1 aromatic carbocycles. The summed E-state index contributed by atoms with van der Waals surface area (Å²) < 4.78 is 5.94. The largest absolute Gasteiger partial charge is 0.371 e. The van der Waals surface area contributed by atoms with E-state index in [1.807, 2.05) is 0 Å². The molecule has 0 spiro atoms. The smallest absolute Gasteiger partial charge is 0.0952 e. The molecule has 2 nitrogen and oxygen atoms in total. The molecule has 2 fully saturated rings. The summed E-state index contributed by atoms with van der Waals surface area (Å²) in [5.41, 5.74) is 1.33. The first kappa shape index (κ1) is 14.1. The van der Waals surface area contributed by atoms with E-state index in [1.54, 1.807) is 0 Å². The lowest BCUT2D eigenvalue weighted by Gasteiger charge is -2.34. The normalized spacial score (nSPS) is 25.7. The van der Waals surface area contributed by atoms with Gasteiger partial charge < -0.3 is 4.74 Å². The third kappa shape index (κ3) is 3.83. The van der Waals surface area contributed by atoms with Crippen LogP contribution in [-0.2, 0) is 4.74 Å². The number of nitrogens with zero attached hydrogens (tertiary/aromatic N) is 1. The van der Waals surface area contributed by atoms with Crippen molar-refractivity contribution in [1.29, 1.82) is 0 Å². The van der Waals surface area contributed by atoms with E-state index >= 15 is 0 Å². The van der Waals surface area contributed by atoms with Gasteiger partial charge in [-0.15, -0.1) is 0 Å². The molecule has 20 heavy (non-hydrogen) atoms. The Morgan fingerprint density at radius 2 is 1.85 bits per heavy atom. The van der Waals surface area contributed by atoms with Gasteiger partial charge in [0.05, 0.1) is 12.7 Å². The number of benzene rings is 1. The van der Waals surface area contributed by atoms with Crippen LogP contribution in [0.25, 0.3) is 0 Å². The third-order valence-electron chi connectivity index (χ3n) is 4.90. The summed E-state index contributed by atoms with van der Waals surface area (Å²) in [7, 11) is 0. The predicted molar refractivity (Wildman–Crippen MR) is 82.8 cm³/mol. The van der Waals surface area contributed by atoms with Gasteiger partial charge in [0.15, 0.2) is 0 Å². The van der Waals surface area contributed by atoms with Gasteiger partial charge in [-0.1, -0.05) is 62.4 Å². The minimum Gasteiger partial charge on any atom is -0.371 e. The average molecular weight is 273 g/mol. The van der Waals surface area contributed by atoms with Gasteiger partial charge in [-0.2, -0.15) is 0 Å². The molecule has 110 valence electrons. The van der Waals surface area contributed by atoms with Crippen molar-refractivity contribution in [1.82, 2.24) is 4.90 Å². The molecule has 0 amide bonds. The molecule has 0 N–H and O–H groups in total. The molecule has 1 saturated carbocycles. The van der Waals surface area contributed by atoms with E-state index in [0.29, 0.717) is 0 Å². The highest BCUT2D eigenvalue weighted by Crippen LogP contribution is 2.27. The van der Waals surface area contributed by atoms with E-state index in [-0.39, 0.29) is 6.10 Å². The first-order valence-electron chi connectivity index (χ1n) is 8.31. The van der Waals surface area contributed by atoms with Crippen molar-refractivity contribution in [2.45, 2.75) is 44.6 Å². The van der Waals surface area contributed by atoms with Crippen LogP contribution < -0.4 is 0 Å². The Kier molecular flexibility index (Phi) is 5.10. The average Bonchev–Trinajstić information content (AvgIpc) is 2.55. The second-order valence-electron chi connectivity index (χ2n) is 6.36. The van der Waals surface area contributed by atoms with E-state index in [2.05, 4.69) is 35.2 Å². The molecular weight excluding hydrogens is 246 g/mol. The van der Waals surface area contributed by atoms with Crippen LogP contribution in [0.3, 0.4) is 0 Å². The lowest BCUT2D eigenvalue weighted by molar-refractivity contribution is -0.0317. The molecule has 0 unspecified atom stereocenters. The molecule has 0 bridgehead atoms. The Morgan fingerprint density at radius 3 is 2.65 bits per heavy atom. The number of hydrogen-bond donors (Lipinski definition) is 0. The molecule has 0 aromatic heterocycles. The molecule has 2 heteroatoms. The topological polar surface area (TPSA) is 12.5 Å². The zero-order valence-corrected chi connectivity index (χ0v) is 12.5. The minimum atomic E-state index is 0.274. The maximum Gasteiger partial charge on any atom is 0.0952 e. The number of ether oxygens (including phenoxy) is 1. The van der Waals surface area contributed by atoms with E-state index in [1.165, 1.54) is 50.6 Å². The third-order valence-corrected chi connectivity index (χ3v) is 4.90. The van der Waals surface area contributed by atoms with E-state index in [4.69, 9.17) is 4.74 Å². The minimum absolute atomic E-state index is 0.274. The Morgan fingerprint density at radius 1 is 1.05 bits per heavy atom. The van der Waals surface area contributed by atoms with Crippen molar-refractivity contribution in [3.8, 4) is 0 Å². The molecule has 1 saturated heterocycles. The number of morpholine rings is 1. The molecule has 3 rings (SSSR count). The summed E-state index contributed by atoms with van der Waals surface area (Å²) in [6.45, 7) is 4.31. The summed E-state index contributed by atoms with van der Waals surface area (Å²) in [6, 6.07) is 10.7. The first-order chi connectivity index (χ1) is 9.92. The van der Waals surface area contributed by atoms with Gasteiger partial charge in [-0.25, -0.2) is 0 Å². The van der Waals surface area contributed by atoms with Gasteiger partial charge in [0, 0.05) is 13.1 Å². The van der Waals surface area contributed by atoms with Gasteiger partial charge in [-0.3, -0.25) is 4.90 Å². The van der Waals surface area contributed by atoms with Crippen LogP contribution in [0.4, 0.5) is 0 Å². The summed E-state index contributed by atoms with van der Waals surface area (Å²) in [6.07, 6.45) is 8.97.